The van der Waals surface area contributed by atoms with E-state index in [-0.39, 0.29) is 31.6 Å². The van der Waals surface area contributed by atoms with Crippen molar-refractivity contribution < 1.29 is 34.7 Å². The number of allylic oxidation sites excluding steroid dienone is 2. The van der Waals surface area contributed by atoms with Gasteiger partial charge < -0.3 is 9.84 Å². The van der Waals surface area contributed by atoms with Crippen LogP contribution < -0.4 is 4.74 Å². The fraction of sp³-hybridized carbons (Fsp3) is 0.250. The first-order valence-electron chi connectivity index (χ1n) is 9.04. The van der Waals surface area contributed by atoms with Gasteiger partial charge in [0.2, 0.25) is 0 Å². The Hall–Kier alpha value is -2.49. The molecule has 1 N–H and O–H groups in total. The first-order chi connectivity index (χ1) is 13.2. The average molecular weight is 569 g/mol. The van der Waals surface area contributed by atoms with Crippen LogP contribution in [-0.2, 0) is 24.9 Å². The predicted octanol–water partition coefficient (Wildman–Crippen LogP) is 5.67. The summed E-state index contributed by atoms with van der Waals surface area (Å²) in [4.78, 5) is 14.8. The molecule has 2 aromatic carbocycles. The fourth-order valence-corrected chi connectivity index (χ4v) is 2.99. The van der Waals surface area contributed by atoms with Crippen LogP contribution in [0.1, 0.15) is 30.5 Å². The first kappa shape index (κ1) is 24.5. The normalized spacial score (nSPS) is 10.6. The van der Waals surface area contributed by atoms with Crippen molar-refractivity contribution in [2.45, 2.75) is 34.6 Å². The van der Waals surface area contributed by atoms with Gasteiger partial charge >= 0.3 is 0 Å². The number of aromatic nitrogens is 1. The van der Waals surface area contributed by atoms with E-state index in [1.165, 1.54) is 31.1 Å². The molecule has 3 rings (SSSR count). The van der Waals surface area contributed by atoms with Crippen LogP contribution in [0.3, 0.4) is 0 Å². The van der Waals surface area contributed by atoms with Crippen LogP contribution in [0.5, 0.6) is 5.75 Å². The quantitative estimate of drug-likeness (QED) is 0.251. The van der Waals surface area contributed by atoms with Gasteiger partial charge in [-0.05, 0) is 38.5 Å². The van der Waals surface area contributed by atoms with Crippen LogP contribution in [-0.4, -0.2) is 23.0 Å². The summed E-state index contributed by atoms with van der Waals surface area (Å²) in [5.74, 6) is 0.727. The minimum Gasteiger partial charge on any atom is -0.512 e. The third-order valence-corrected chi connectivity index (χ3v) is 4.08. The van der Waals surface area contributed by atoms with Crippen molar-refractivity contribution in [3.63, 3.8) is 0 Å². The molecule has 155 valence electrons. The fourth-order valence-electron chi connectivity index (χ4n) is 2.99. The Balaban J connectivity index is 0.000000456. The zero-order valence-corrected chi connectivity index (χ0v) is 20.0. The number of ether oxygens (including phenoxy) is 1. The van der Waals surface area contributed by atoms with Gasteiger partial charge in [-0.2, -0.15) is 0 Å². The molecule has 0 saturated heterocycles. The Bertz CT molecular complexity index is 1020. The van der Waals surface area contributed by atoms with Crippen molar-refractivity contribution in [3.05, 3.63) is 71.0 Å². The largest absolute Gasteiger partial charge is 0.512 e. The van der Waals surface area contributed by atoms with Gasteiger partial charge in [0.15, 0.2) is 5.78 Å². The van der Waals surface area contributed by atoms with Gasteiger partial charge in [-0.25, -0.2) is 0 Å². The molecule has 0 aliphatic carbocycles. The van der Waals surface area contributed by atoms with Gasteiger partial charge in [0.05, 0.1) is 18.4 Å². The molecule has 0 aliphatic heterocycles. The molecule has 0 aliphatic rings. The maximum atomic E-state index is 10.0. The van der Waals surface area contributed by atoms with Crippen molar-refractivity contribution in [3.8, 4) is 17.0 Å². The second kappa shape index (κ2) is 10.9. The van der Waals surface area contributed by atoms with Gasteiger partial charge in [-0.15, -0.1) is 34.9 Å². The second-order valence-electron chi connectivity index (χ2n) is 6.83. The van der Waals surface area contributed by atoms with E-state index in [2.05, 4.69) is 44.2 Å². The average Bonchev–Trinajstić information content (AvgIpc) is 2.59. The zero-order valence-electron chi connectivity index (χ0n) is 17.6. The number of ketones is 1. The van der Waals surface area contributed by atoms with Crippen LogP contribution >= 0.6 is 0 Å². The molecule has 0 spiro atoms. The van der Waals surface area contributed by atoms with Crippen LogP contribution in [0, 0.1) is 26.8 Å². The van der Waals surface area contributed by atoms with E-state index in [0.717, 1.165) is 33.5 Å². The molecule has 1 radical (unpaired) electrons. The molecular formula is C24H26IrNO3-. The summed E-state index contributed by atoms with van der Waals surface area (Å²) in [5.41, 5.74) is 6.33. The number of methoxy groups -OCH3 is 1. The Morgan fingerprint density at radius 1 is 1.14 bits per heavy atom. The molecule has 0 unspecified atom stereocenters. The summed E-state index contributed by atoms with van der Waals surface area (Å²) in [6.07, 6.45) is 1.17. The Kier molecular flexibility index (Phi) is 9.22. The Morgan fingerprint density at radius 2 is 1.83 bits per heavy atom. The molecule has 1 heterocycles. The van der Waals surface area contributed by atoms with Gasteiger partial charge in [0, 0.05) is 37.3 Å². The number of nitrogens with zero attached hydrogens (tertiary/aromatic N) is 1. The van der Waals surface area contributed by atoms with E-state index >= 15 is 0 Å². The zero-order chi connectivity index (χ0) is 20.8. The van der Waals surface area contributed by atoms with E-state index in [1.54, 1.807) is 7.11 Å². The minimum absolute atomic E-state index is 0. The number of pyridine rings is 1. The van der Waals surface area contributed by atoms with Crippen molar-refractivity contribution in [1.29, 1.82) is 0 Å². The third kappa shape index (κ3) is 6.81. The molecule has 0 amide bonds. The number of carbonyl (C=O) groups excluding carboxylic acids is 1. The number of rotatable bonds is 3. The van der Waals surface area contributed by atoms with Crippen molar-refractivity contribution >= 4 is 16.7 Å². The van der Waals surface area contributed by atoms with Crippen LogP contribution in [0.2, 0.25) is 0 Å². The number of benzene rings is 2. The van der Waals surface area contributed by atoms with Crippen LogP contribution in [0.15, 0.2) is 48.2 Å². The summed E-state index contributed by atoms with van der Waals surface area (Å²) in [6, 6.07) is 15.8. The van der Waals surface area contributed by atoms with E-state index in [9.17, 15) is 4.79 Å². The predicted molar refractivity (Wildman–Crippen MR) is 114 cm³/mol. The van der Waals surface area contributed by atoms with Crippen molar-refractivity contribution in [1.82, 2.24) is 4.98 Å². The van der Waals surface area contributed by atoms with E-state index in [1.807, 2.05) is 19.1 Å². The number of aryl methyl sites for hydroxylation is 3. The van der Waals surface area contributed by atoms with E-state index in [0.29, 0.717) is 0 Å². The van der Waals surface area contributed by atoms with Crippen LogP contribution in [0.4, 0.5) is 0 Å². The summed E-state index contributed by atoms with van der Waals surface area (Å²) in [6.45, 7) is 9.07. The maximum Gasteiger partial charge on any atom is 0.155 e. The monoisotopic (exact) mass is 569 g/mol. The number of hydrogen-bond acceptors (Lipinski definition) is 4. The molecule has 29 heavy (non-hydrogen) atoms. The van der Waals surface area contributed by atoms with E-state index in [4.69, 9.17) is 14.8 Å². The van der Waals surface area contributed by atoms with E-state index < -0.39 is 0 Å². The SMILES string of the molecule is CC(=O)/C=C(/C)O.COc1cc2c(C)cccc2nc1-c1[c-]c(C)cc(C)c1.[Ir]. The summed E-state index contributed by atoms with van der Waals surface area (Å²) >= 11 is 0. The number of hydrogen-bond donors (Lipinski definition) is 1. The van der Waals surface area contributed by atoms with Crippen LogP contribution in [0.25, 0.3) is 22.2 Å². The molecule has 3 aromatic rings. The third-order valence-electron chi connectivity index (χ3n) is 4.08. The maximum absolute atomic E-state index is 10.0. The Labute approximate surface area is 186 Å². The second-order valence-corrected chi connectivity index (χ2v) is 6.83. The number of aliphatic hydroxyl groups excluding tert-OH is 1. The van der Waals surface area contributed by atoms with Gasteiger partial charge in [-0.3, -0.25) is 9.78 Å². The first-order valence-corrected chi connectivity index (χ1v) is 9.04. The molecule has 0 atom stereocenters. The number of carbonyl (C=O) groups is 1. The standard InChI is InChI=1S/C19H18NO.C5H8O2.Ir/c1-12-8-13(2)10-15(9-12)19-18(21-4)11-16-14(3)6-5-7-17(16)20-19;1-4(6)3-5(2)7;/h5-9,11H,1-4H3;3,6H,1-2H3;/q-1;;/b;4-3-;. The molecule has 1 aromatic heterocycles. The van der Waals surface area contributed by atoms with Crippen molar-refractivity contribution in [2.24, 2.45) is 0 Å². The van der Waals surface area contributed by atoms with Gasteiger partial charge in [0.1, 0.15) is 5.75 Å². The summed E-state index contributed by atoms with van der Waals surface area (Å²) in [5, 5.41) is 9.49. The molecule has 0 fully saturated rings. The van der Waals surface area contributed by atoms with Gasteiger partial charge in [-0.1, -0.05) is 26.0 Å². The molecule has 0 bridgehead atoms. The summed E-state index contributed by atoms with van der Waals surface area (Å²) in [7, 11) is 1.69. The smallest absolute Gasteiger partial charge is 0.155 e. The summed E-state index contributed by atoms with van der Waals surface area (Å²) < 4.78 is 5.56. The molecule has 4 nitrogen and oxygen atoms in total. The topological polar surface area (TPSA) is 59.4 Å². The van der Waals surface area contributed by atoms with Crippen molar-refractivity contribution in [2.75, 3.05) is 7.11 Å². The molecule has 5 heteroatoms. The number of fused-ring (bicyclic) bond motifs is 1. The number of aliphatic hydroxyl groups is 1. The Morgan fingerprint density at radius 3 is 2.34 bits per heavy atom. The molecule has 0 saturated carbocycles. The minimum atomic E-state index is -0.125. The molecular weight excluding hydrogens is 542 g/mol. The van der Waals surface area contributed by atoms with Gasteiger partial charge in [0.25, 0.3) is 0 Å².